The summed E-state index contributed by atoms with van der Waals surface area (Å²) in [6, 6.07) is 9.08. The van der Waals surface area contributed by atoms with E-state index in [1.165, 1.54) is 0 Å². The van der Waals surface area contributed by atoms with Crippen LogP contribution in [0.5, 0.6) is 0 Å². The molecule has 25 heavy (non-hydrogen) atoms. The van der Waals surface area contributed by atoms with Crippen LogP contribution in [0.4, 0.5) is 0 Å². The van der Waals surface area contributed by atoms with Gasteiger partial charge in [0.05, 0.1) is 24.3 Å². The fourth-order valence-electron chi connectivity index (χ4n) is 3.35. The molecule has 1 aromatic carbocycles. The van der Waals surface area contributed by atoms with E-state index in [1.807, 2.05) is 30.3 Å². The number of aliphatic hydroxyl groups excluding tert-OH is 1. The summed E-state index contributed by atoms with van der Waals surface area (Å²) in [6.45, 7) is 0.644. The van der Waals surface area contributed by atoms with Crippen LogP contribution in [0.25, 0.3) is 0 Å². The first kappa shape index (κ1) is 17.4. The number of hydrogen-bond donors (Lipinski definition) is 1. The molecule has 2 aromatic rings. The van der Waals surface area contributed by atoms with Crippen LogP contribution in [0.3, 0.4) is 0 Å². The topological polar surface area (TPSA) is 75.4 Å². The fraction of sp³-hybridized carbons (Fsp3) is 0.421. The molecule has 1 aliphatic rings. The molecule has 6 heteroatoms. The number of hydrogen-bond acceptors (Lipinski definition) is 4. The van der Waals surface area contributed by atoms with E-state index >= 15 is 0 Å². The van der Waals surface area contributed by atoms with Crippen LogP contribution in [0.15, 0.2) is 42.7 Å². The summed E-state index contributed by atoms with van der Waals surface area (Å²) in [4.78, 5) is 26.7. The van der Waals surface area contributed by atoms with Crippen molar-refractivity contribution in [3.05, 3.63) is 53.9 Å². The number of likely N-dealkylation sites (tertiary alicyclic amines) is 1. The molecule has 1 amide bonds. The Hall–Kier alpha value is -2.47. The number of amides is 1. The van der Waals surface area contributed by atoms with Crippen LogP contribution in [-0.2, 0) is 11.8 Å². The van der Waals surface area contributed by atoms with Crippen LogP contribution in [0.2, 0.25) is 0 Å². The highest BCUT2D eigenvalue weighted by molar-refractivity contribution is 5.96. The van der Waals surface area contributed by atoms with Gasteiger partial charge in [0.25, 0.3) is 0 Å². The Kier molecular flexibility index (Phi) is 5.28. The maximum Gasteiger partial charge on any atom is 0.225 e. The third-order valence-electron chi connectivity index (χ3n) is 4.70. The van der Waals surface area contributed by atoms with E-state index in [2.05, 4.69) is 5.10 Å². The molecule has 1 fully saturated rings. The number of aryl methyl sites for hydroxylation is 1. The number of nitrogens with zero attached hydrogens (tertiary/aromatic N) is 3. The van der Waals surface area contributed by atoms with Gasteiger partial charge in [-0.05, 0) is 18.4 Å². The molecule has 0 spiro atoms. The van der Waals surface area contributed by atoms with Gasteiger partial charge in [-0.25, -0.2) is 0 Å². The summed E-state index contributed by atoms with van der Waals surface area (Å²) in [7, 11) is 1.77. The van der Waals surface area contributed by atoms with Gasteiger partial charge in [0, 0.05) is 32.3 Å². The lowest BCUT2D eigenvalue weighted by atomic mass is 10.0. The van der Waals surface area contributed by atoms with E-state index in [-0.39, 0.29) is 24.2 Å². The number of aromatic nitrogens is 2. The van der Waals surface area contributed by atoms with Crippen molar-refractivity contribution in [3.8, 4) is 0 Å². The van der Waals surface area contributed by atoms with Crippen molar-refractivity contribution in [2.24, 2.45) is 7.05 Å². The van der Waals surface area contributed by atoms with Crippen molar-refractivity contribution in [2.45, 2.75) is 37.8 Å². The quantitative estimate of drug-likeness (QED) is 0.817. The maximum absolute atomic E-state index is 12.6. The lowest BCUT2D eigenvalue weighted by Crippen LogP contribution is -2.37. The molecule has 2 atom stereocenters. The van der Waals surface area contributed by atoms with Crippen molar-refractivity contribution in [3.63, 3.8) is 0 Å². The van der Waals surface area contributed by atoms with E-state index in [4.69, 9.17) is 0 Å². The second-order valence-electron chi connectivity index (χ2n) is 6.54. The van der Waals surface area contributed by atoms with Crippen LogP contribution < -0.4 is 0 Å². The first-order chi connectivity index (χ1) is 12.0. The molecule has 0 aliphatic carbocycles. The summed E-state index contributed by atoms with van der Waals surface area (Å²) in [6.07, 6.45) is 4.49. The summed E-state index contributed by atoms with van der Waals surface area (Å²) in [5.74, 6) is -0.0979. The van der Waals surface area contributed by atoms with E-state index in [0.29, 0.717) is 18.5 Å². The smallest absolute Gasteiger partial charge is 0.225 e. The summed E-state index contributed by atoms with van der Waals surface area (Å²) < 4.78 is 1.60. The van der Waals surface area contributed by atoms with Crippen molar-refractivity contribution in [1.82, 2.24) is 14.7 Å². The van der Waals surface area contributed by atoms with Gasteiger partial charge < -0.3 is 10.0 Å². The van der Waals surface area contributed by atoms with E-state index < -0.39 is 6.10 Å². The van der Waals surface area contributed by atoms with Gasteiger partial charge in [-0.15, -0.1) is 0 Å². The average Bonchev–Trinajstić information content (AvgIpc) is 3.24. The highest BCUT2D eigenvalue weighted by Crippen LogP contribution is 2.25. The van der Waals surface area contributed by atoms with Crippen molar-refractivity contribution >= 4 is 11.7 Å². The number of carbonyl (C=O) groups excluding carboxylic acids is 2. The second kappa shape index (κ2) is 7.61. The standard InChI is InChI=1S/C19H23N3O3/c1-21-13-15(12-20-21)17(23)10-16-8-5-9-22(16)19(25)11-18(24)14-6-3-2-4-7-14/h2-4,6-7,12-13,16,18,24H,5,8-11H2,1H3. The number of aliphatic hydroxyl groups is 1. The number of carbonyl (C=O) groups is 2. The van der Waals surface area contributed by atoms with Crippen molar-refractivity contribution in [2.75, 3.05) is 6.54 Å². The SMILES string of the molecule is Cn1cc(C(=O)CC2CCCN2C(=O)CC(O)c2ccccc2)cn1. The molecule has 0 bridgehead atoms. The van der Waals surface area contributed by atoms with E-state index in [9.17, 15) is 14.7 Å². The number of ketones is 1. The molecule has 1 aliphatic heterocycles. The van der Waals surface area contributed by atoms with Gasteiger partial charge in [0.1, 0.15) is 0 Å². The minimum atomic E-state index is -0.816. The van der Waals surface area contributed by atoms with Gasteiger partial charge >= 0.3 is 0 Å². The molecular weight excluding hydrogens is 318 g/mol. The normalized spacial score (nSPS) is 18.3. The van der Waals surface area contributed by atoms with Gasteiger partial charge in [0.15, 0.2) is 5.78 Å². The van der Waals surface area contributed by atoms with Crippen molar-refractivity contribution in [1.29, 1.82) is 0 Å². The van der Waals surface area contributed by atoms with Crippen LogP contribution >= 0.6 is 0 Å². The molecule has 3 rings (SSSR count). The van der Waals surface area contributed by atoms with E-state index in [0.717, 1.165) is 18.4 Å². The fourth-order valence-corrected chi connectivity index (χ4v) is 3.35. The molecule has 2 heterocycles. The zero-order valence-corrected chi connectivity index (χ0v) is 14.3. The van der Waals surface area contributed by atoms with Crippen LogP contribution in [0, 0.1) is 0 Å². The lowest BCUT2D eigenvalue weighted by Gasteiger charge is -2.25. The highest BCUT2D eigenvalue weighted by Gasteiger charge is 2.31. The molecule has 0 saturated carbocycles. The summed E-state index contributed by atoms with van der Waals surface area (Å²) in [5, 5.41) is 14.3. The molecule has 1 aromatic heterocycles. The van der Waals surface area contributed by atoms with Gasteiger partial charge in [-0.2, -0.15) is 5.10 Å². The number of benzene rings is 1. The minimum absolute atomic E-state index is 0.00130. The Bertz CT molecular complexity index is 741. The molecule has 6 nitrogen and oxygen atoms in total. The maximum atomic E-state index is 12.6. The van der Waals surface area contributed by atoms with Gasteiger partial charge in [0.2, 0.25) is 5.91 Å². The minimum Gasteiger partial charge on any atom is -0.388 e. The molecule has 1 N–H and O–H groups in total. The zero-order chi connectivity index (χ0) is 17.8. The molecule has 0 radical (unpaired) electrons. The van der Waals surface area contributed by atoms with Gasteiger partial charge in [-0.1, -0.05) is 30.3 Å². The molecule has 1 saturated heterocycles. The third-order valence-corrected chi connectivity index (χ3v) is 4.70. The van der Waals surface area contributed by atoms with Crippen LogP contribution in [0.1, 0.15) is 47.7 Å². The highest BCUT2D eigenvalue weighted by atomic mass is 16.3. The molecule has 2 unspecified atom stereocenters. The Morgan fingerprint density at radius 1 is 1.32 bits per heavy atom. The predicted molar refractivity (Wildman–Crippen MR) is 92.9 cm³/mol. The zero-order valence-electron chi connectivity index (χ0n) is 14.3. The number of rotatable bonds is 6. The predicted octanol–water partition coefficient (Wildman–Crippen LogP) is 2.11. The van der Waals surface area contributed by atoms with Crippen molar-refractivity contribution < 1.29 is 14.7 Å². The van der Waals surface area contributed by atoms with Crippen LogP contribution in [-0.4, -0.2) is 44.1 Å². The van der Waals surface area contributed by atoms with E-state index in [1.54, 1.807) is 29.0 Å². The molecular formula is C19H23N3O3. The largest absolute Gasteiger partial charge is 0.388 e. The van der Waals surface area contributed by atoms with Gasteiger partial charge in [-0.3, -0.25) is 14.3 Å². The Balaban J connectivity index is 1.60. The first-order valence-corrected chi connectivity index (χ1v) is 8.59. The summed E-state index contributed by atoms with van der Waals surface area (Å²) in [5.41, 5.74) is 1.31. The second-order valence-corrected chi connectivity index (χ2v) is 6.54. The monoisotopic (exact) mass is 341 g/mol. The average molecular weight is 341 g/mol. The number of Topliss-reactive ketones (excluding diaryl/α,β-unsaturated/α-hetero) is 1. The Labute approximate surface area is 147 Å². The Morgan fingerprint density at radius 2 is 2.08 bits per heavy atom. The first-order valence-electron chi connectivity index (χ1n) is 8.59. The lowest BCUT2D eigenvalue weighted by molar-refractivity contribution is -0.134. The third kappa shape index (κ3) is 4.14. The molecule has 132 valence electrons. The summed E-state index contributed by atoms with van der Waals surface area (Å²) >= 11 is 0. The Morgan fingerprint density at radius 3 is 2.76 bits per heavy atom.